The molecule has 0 fully saturated rings. The van der Waals surface area contributed by atoms with Crippen molar-refractivity contribution < 1.29 is 61.3 Å². The van der Waals surface area contributed by atoms with E-state index in [1.807, 2.05) is 0 Å². The average molecular weight is 365 g/mol. The van der Waals surface area contributed by atoms with Crippen molar-refractivity contribution in [2.24, 2.45) is 0 Å². The zero-order chi connectivity index (χ0) is 19.0. The van der Waals surface area contributed by atoms with Gasteiger partial charge in [-0.05, 0) is 6.42 Å². The van der Waals surface area contributed by atoms with E-state index in [1.54, 1.807) is 14.2 Å². The van der Waals surface area contributed by atoms with E-state index in [-0.39, 0.29) is 0 Å². The first kappa shape index (κ1) is 29.3. The number of ether oxygens (including phenoxy) is 2. The normalized spacial score (nSPS) is 11.2. The maximum Gasteiger partial charge on any atom is 0.673 e. The Hall–Kier alpha value is -0.725. The quantitative estimate of drug-likeness (QED) is 0.413. The van der Waals surface area contributed by atoms with Crippen LogP contribution in [-0.2, 0) is 9.47 Å². The van der Waals surface area contributed by atoms with Crippen molar-refractivity contribution >= 4 is 21.8 Å². The Bertz CT molecular complexity index is 166. The van der Waals surface area contributed by atoms with Gasteiger partial charge in [-0.25, -0.2) is 0 Å². The van der Waals surface area contributed by atoms with E-state index in [9.17, 15) is 51.8 Å². The number of halogens is 12. The van der Waals surface area contributed by atoms with Crippen LogP contribution in [0.25, 0.3) is 0 Å². The zero-order valence-electron chi connectivity index (χ0n) is 11.2. The van der Waals surface area contributed by atoms with E-state index in [4.69, 9.17) is 9.47 Å². The number of hydrogen-bond donors (Lipinski definition) is 0. The molecule has 0 heterocycles. The third-order valence-corrected chi connectivity index (χ3v) is 0.697. The van der Waals surface area contributed by atoms with Gasteiger partial charge in [0.05, 0.1) is 0 Å². The molecule has 0 amide bonds. The van der Waals surface area contributed by atoms with Gasteiger partial charge in [0.15, 0.2) is 0 Å². The standard InChI is InChI=1S/C5H12O2.3BF4/c1-6-4-3-5-7-2;3*2-1(3,4)5/h3-5H2,1-2H3;;;/q;3*-1. The fourth-order valence-electron chi connectivity index (χ4n) is 0.348. The zero-order valence-corrected chi connectivity index (χ0v) is 11.2. The molecule has 0 spiro atoms. The molecule has 0 aliphatic heterocycles. The van der Waals surface area contributed by atoms with Crippen LogP contribution in [0, 0.1) is 0 Å². The van der Waals surface area contributed by atoms with E-state index in [0.717, 1.165) is 19.6 Å². The fraction of sp³-hybridized carbons (Fsp3) is 1.00. The number of methoxy groups -OCH3 is 2. The predicted octanol–water partition coefficient (Wildman–Crippen LogP) is 4.57. The van der Waals surface area contributed by atoms with Gasteiger partial charge in [0.2, 0.25) is 0 Å². The van der Waals surface area contributed by atoms with Gasteiger partial charge in [0, 0.05) is 27.4 Å². The lowest BCUT2D eigenvalue weighted by Gasteiger charge is -1.94. The largest absolute Gasteiger partial charge is 0.673 e. The van der Waals surface area contributed by atoms with Gasteiger partial charge in [-0.1, -0.05) is 0 Å². The van der Waals surface area contributed by atoms with Crippen molar-refractivity contribution in [1.82, 2.24) is 0 Å². The molecule has 2 nitrogen and oxygen atoms in total. The van der Waals surface area contributed by atoms with Crippen molar-refractivity contribution in [3.63, 3.8) is 0 Å². The van der Waals surface area contributed by atoms with Gasteiger partial charge < -0.3 is 61.3 Å². The highest BCUT2D eigenvalue weighted by molar-refractivity contribution is 6.50. The Morgan fingerprint density at radius 2 is 0.636 bits per heavy atom. The van der Waals surface area contributed by atoms with Crippen LogP contribution in [0.4, 0.5) is 51.8 Å². The summed E-state index contributed by atoms with van der Waals surface area (Å²) >= 11 is 0. The molecule has 0 rings (SSSR count). The average Bonchev–Trinajstić information content (AvgIpc) is 2.10. The predicted molar refractivity (Wildman–Crippen MR) is 58.9 cm³/mol. The van der Waals surface area contributed by atoms with Crippen LogP contribution >= 0.6 is 0 Å². The van der Waals surface area contributed by atoms with Crippen LogP contribution < -0.4 is 0 Å². The maximum absolute atomic E-state index is 9.75. The SMILES string of the molecule is COCCCOC.F[B-](F)(F)F.F[B-](F)(F)F.F[B-](F)(F)F. The molecule has 22 heavy (non-hydrogen) atoms. The maximum atomic E-state index is 9.75. The minimum Gasteiger partial charge on any atom is -0.418 e. The van der Waals surface area contributed by atoms with Gasteiger partial charge in [-0.15, -0.1) is 0 Å². The van der Waals surface area contributed by atoms with E-state index in [0.29, 0.717) is 0 Å². The monoisotopic (exact) mass is 365 g/mol. The molecule has 0 N–H and O–H groups in total. The van der Waals surface area contributed by atoms with Crippen LogP contribution in [0.1, 0.15) is 6.42 Å². The van der Waals surface area contributed by atoms with Gasteiger partial charge in [0.25, 0.3) is 0 Å². The number of hydrogen-bond acceptors (Lipinski definition) is 2. The third kappa shape index (κ3) is 600. The van der Waals surface area contributed by atoms with E-state index in [1.165, 1.54) is 0 Å². The van der Waals surface area contributed by atoms with Gasteiger partial charge in [-0.2, -0.15) is 0 Å². The second-order valence-corrected chi connectivity index (χ2v) is 2.82. The lowest BCUT2D eigenvalue weighted by molar-refractivity contribution is 0.138. The molecule has 140 valence electrons. The highest BCUT2D eigenvalue weighted by atomic mass is 19.5. The molecule has 0 aliphatic carbocycles. The molecule has 17 heteroatoms. The molecule has 0 radical (unpaired) electrons. The van der Waals surface area contributed by atoms with Crippen LogP contribution in [-0.4, -0.2) is 49.2 Å². The summed E-state index contributed by atoms with van der Waals surface area (Å²) in [5.41, 5.74) is 0. The lowest BCUT2D eigenvalue weighted by Crippen LogP contribution is -2.02. The molecule has 0 saturated carbocycles. The first-order chi connectivity index (χ1) is 9.41. The highest BCUT2D eigenvalue weighted by Gasteiger charge is 2.21. The second-order valence-electron chi connectivity index (χ2n) is 2.82. The molecular weight excluding hydrogens is 352 g/mol. The first-order valence-corrected chi connectivity index (χ1v) is 5.01. The minimum atomic E-state index is -6.00. The van der Waals surface area contributed by atoms with Gasteiger partial charge in [0.1, 0.15) is 0 Å². The molecule has 0 bridgehead atoms. The summed E-state index contributed by atoms with van der Waals surface area (Å²) in [4.78, 5) is 0. The molecule has 0 aliphatic rings. The van der Waals surface area contributed by atoms with Gasteiger partial charge in [-0.3, -0.25) is 0 Å². The van der Waals surface area contributed by atoms with Crippen molar-refractivity contribution in [1.29, 1.82) is 0 Å². The Morgan fingerprint density at radius 3 is 0.727 bits per heavy atom. The van der Waals surface area contributed by atoms with Crippen LogP contribution in [0.15, 0.2) is 0 Å². The summed E-state index contributed by atoms with van der Waals surface area (Å²) in [5.74, 6) is 0. The molecular formula is C5H12B3F12O2-3. The van der Waals surface area contributed by atoms with Crippen LogP contribution in [0.3, 0.4) is 0 Å². The summed E-state index contributed by atoms with van der Waals surface area (Å²) < 4.78 is 127. The number of rotatable bonds is 4. The summed E-state index contributed by atoms with van der Waals surface area (Å²) in [7, 11) is -14.6. The summed E-state index contributed by atoms with van der Waals surface area (Å²) in [6.07, 6.45) is 0.993. The van der Waals surface area contributed by atoms with E-state index < -0.39 is 21.8 Å². The van der Waals surface area contributed by atoms with Crippen LogP contribution in [0.2, 0.25) is 0 Å². The molecule has 0 unspecified atom stereocenters. The van der Waals surface area contributed by atoms with Crippen LogP contribution in [0.5, 0.6) is 0 Å². The van der Waals surface area contributed by atoms with E-state index >= 15 is 0 Å². The summed E-state index contributed by atoms with van der Waals surface area (Å²) in [5, 5.41) is 0. The van der Waals surface area contributed by atoms with Crippen molar-refractivity contribution in [3.05, 3.63) is 0 Å². The minimum absolute atomic E-state index is 0.799. The molecule has 0 aromatic carbocycles. The fourth-order valence-corrected chi connectivity index (χ4v) is 0.348. The molecule has 0 atom stereocenters. The lowest BCUT2D eigenvalue weighted by atomic mass is 10.3. The molecule has 0 aromatic heterocycles. The third-order valence-electron chi connectivity index (χ3n) is 0.697. The highest BCUT2D eigenvalue weighted by Crippen LogP contribution is 2.07. The first-order valence-electron chi connectivity index (χ1n) is 5.01. The van der Waals surface area contributed by atoms with E-state index in [2.05, 4.69) is 0 Å². The Balaban J connectivity index is -0.0000000995. The Kier molecular flexibility index (Phi) is 20.2. The smallest absolute Gasteiger partial charge is 0.418 e. The second kappa shape index (κ2) is 15.2. The van der Waals surface area contributed by atoms with Crippen molar-refractivity contribution in [3.8, 4) is 0 Å². The van der Waals surface area contributed by atoms with Gasteiger partial charge >= 0.3 is 21.8 Å². The molecule has 0 saturated heterocycles. The summed E-state index contributed by atoms with van der Waals surface area (Å²) in [6, 6.07) is 0. The Labute approximate surface area is 118 Å². The Morgan fingerprint density at radius 1 is 0.500 bits per heavy atom. The molecule has 0 aromatic rings. The topological polar surface area (TPSA) is 18.5 Å². The summed E-state index contributed by atoms with van der Waals surface area (Å²) in [6.45, 7) is 1.60. The van der Waals surface area contributed by atoms with Crippen molar-refractivity contribution in [2.45, 2.75) is 6.42 Å². The van der Waals surface area contributed by atoms with Crippen molar-refractivity contribution in [2.75, 3.05) is 27.4 Å².